The lowest BCUT2D eigenvalue weighted by atomic mass is 15.8. The number of rotatable bonds is 1. The van der Waals surface area contributed by atoms with Gasteiger partial charge in [-0.2, -0.15) is 4.08 Å². The van der Waals surface area contributed by atoms with Gasteiger partial charge in [-0.3, -0.25) is 4.89 Å². The Morgan fingerprint density at radius 3 is 1.27 bits per heavy atom. The zero-order valence-electron chi connectivity index (χ0n) is 4.66. The molecule has 11 heavy (non-hydrogen) atoms. The molecule has 70 valence electrons. The molecule has 0 aromatic carbocycles. The number of phosphoric acid groups is 1. The van der Waals surface area contributed by atoms with Gasteiger partial charge in [0.2, 0.25) is 0 Å². The van der Waals surface area contributed by atoms with Gasteiger partial charge in [-0.05, 0) is 0 Å². The molecule has 4 N–H and O–H groups in total. The molecule has 0 amide bonds. The van der Waals surface area contributed by atoms with Crippen molar-refractivity contribution in [2.45, 2.75) is 0 Å². The second-order valence-electron chi connectivity index (χ2n) is 1.03. The third-order valence-corrected chi connectivity index (χ3v) is 0.766. The standard InChI is InChI=1S/ClFHO3P.H3O4P/c1-5-6(2,3)4;1-5(2,3)4/h(H,3,4);(H3,1,2,3,4). The van der Waals surface area contributed by atoms with Gasteiger partial charge < -0.3 is 14.7 Å². The topological polar surface area (TPSA) is 124 Å². The lowest BCUT2D eigenvalue weighted by molar-refractivity contribution is 0.275. The minimum atomic E-state index is -4.88. The van der Waals surface area contributed by atoms with Crippen molar-refractivity contribution in [3.63, 3.8) is 0 Å². The van der Waals surface area contributed by atoms with E-state index in [-0.39, 0.29) is 0 Å². The van der Waals surface area contributed by atoms with Crippen molar-refractivity contribution in [3.05, 3.63) is 0 Å². The largest absolute Gasteiger partial charge is 0.527 e. The summed E-state index contributed by atoms with van der Waals surface area (Å²) in [6, 6.07) is 0. The van der Waals surface area contributed by atoms with Crippen LogP contribution in [0.3, 0.4) is 0 Å². The van der Waals surface area contributed by atoms with Crippen molar-refractivity contribution in [1.82, 2.24) is 0 Å². The van der Waals surface area contributed by atoms with Gasteiger partial charge in [0, 0.05) is 0 Å². The zero-order chi connectivity index (χ0) is 9.71. The van der Waals surface area contributed by atoms with E-state index in [4.69, 9.17) is 28.7 Å². The van der Waals surface area contributed by atoms with Gasteiger partial charge in [-0.15, -0.1) is 4.20 Å². The van der Waals surface area contributed by atoms with Gasteiger partial charge in [0.1, 0.15) is 0 Å². The Bertz CT molecular complexity index is 169. The molecule has 0 bridgehead atoms. The molecule has 0 saturated carbocycles. The quantitative estimate of drug-likeness (QED) is 0.479. The van der Waals surface area contributed by atoms with Crippen LogP contribution in [0.1, 0.15) is 0 Å². The molecule has 0 aromatic rings. The molecule has 0 saturated heterocycles. The molecule has 1 atom stereocenters. The Kier molecular flexibility index (Phi) is 6.61. The highest BCUT2D eigenvalue weighted by atomic mass is 35.5. The fourth-order valence-corrected chi connectivity index (χ4v) is 0. The van der Waals surface area contributed by atoms with Crippen molar-refractivity contribution in [2.24, 2.45) is 0 Å². The van der Waals surface area contributed by atoms with E-state index in [0.717, 1.165) is 0 Å². The molecule has 0 radical (unpaired) electrons. The summed E-state index contributed by atoms with van der Waals surface area (Å²) in [5, 5.41) is 0. The molecule has 0 aliphatic rings. The predicted molar refractivity (Wildman–Crippen MR) is 32.1 cm³/mol. The highest BCUT2D eigenvalue weighted by molar-refractivity contribution is 7.48. The van der Waals surface area contributed by atoms with Crippen LogP contribution in [-0.4, -0.2) is 19.6 Å². The average Bonchev–Trinajstić information content (AvgIpc) is 1.59. The average molecular weight is 232 g/mol. The second-order valence-corrected chi connectivity index (χ2v) is 3.52. The van der Waals surface area contributed by atoms with Gasteiger partial charge in [0.25, 0.3) is 0 Å². The van der Waals surface area contributed by atoms with Gasteiger partial charge in [-0.1, -0.05) is 0 Å². The van der Waals surface area contributed by atoms with E-state index in [2.05, 4.69) is 15.9 Å². The Balaban J connectivity index is 0. The summed E-state index contributed by atoms with van der Waals surface area (Å²) in [5.74, 6) is 0. The Morgan fingerprint density at radius 2 is 1.27 bits per heavy atom. The lowest BCUT2D eigenvalue weighted by Gasteiger charge is -1.86. The van der Waals surface area contributed by atoms with Crippen LogP contribution in [0.5, 0.6) is 0 Å². The molecule has 0 rings (SSSR count). The minimum Gasteiger partial charge on any atom is -0.303 e. The summed E-state index contributed by atoms with van der Waals surface area (Å²) in [6.07, 6.45) is 0. The fourth-order valence-electron chi connectivity index (χ4n) is 0. The van der Waals surface area contributed by atoms with Gasteiger partial charge in [0.05, 0.1) is 11.9 Å². The van der Waals surface area contributed by atoms with Crippen LogP contribution >= 0.6 is 27.6 Å². The van der Waals surface area contributed by atoms with Crippen molar-refractivity contribution in [2.75, 3.05) is 0 Å². The molecule has 11 heteroatoms. The van der Waals surface area contributed by atoms with Crippen LogP contribution in [-0.2, 0) is 13.2 Å². The van der Waals surface area contributed by atoms with E-state index < -0.39 is 15.7 Å². The molecular formula is H4ClFO7P2. The van der Waals surface area contributed by atoms with Crippen molar-refractivity contribution < 1.29 is 37.0 Å². The van der Waals surface area contributed by atoms with E-state index in [9.17, 15) is 4.20 Å². The molecule has 0 aliphatic carbocycles. The van der Waals surface area contributed by atoms with Gasteiger partial charge >= 0.3 is 15.7 Å². The maximum absolute atomic E-state index is 10.9. The second kappa shape index (κ2) is 5.18. The smallest absolute Gasteiger partial charge is 0.303 e. The normalized spacial score (nSPS) is 16.2. The van der Waals surface area contributed by atoms with E-state index in [1.54, 1.807) is 0 Å². The first kappa shape index (κ1) is 14.0. The molecule has 0 aliphatic heterocycles. The number of halogens is 2. The van der Waals surface area contributed by atoms with E-state index in [1.807, 2.05) is 0 Å². The molecule has 0 heterocycles. The third kappa shape index (κ3) is 62.2. The van der Waals surface area contributed by atoms with E-state index >= 15 is 0 Å². The molecule has 0 spiro atoms. The van der Waals surface area contributed by atoms with E-state index in [1.165, 1.54) is 0 Å². The Hall–Kier alpha value is 0.480. The fraction of sp³-hybridized carbons (Fsp3) is 0. The van der Waals surface area contributed by atoms with Crippen LogP contribution in [0.15, 0.2) is 0 Å². The van der Waals surface area contributed by atoms with Gasteiger partial charge in [0.15, 0.2) is 0 Å². The van der Waals surface area contributed by atoms with Crippen LogP contribution < -0.4 is 0 Å². The third-order valence-electron chi connectivity index (χ3n) is 0.0851. The molecule has 0 fully saturated rings. The lowest BCUT2D eigenvalue weighted by Crippen LogP contribution is -1.66. The summed E-state index contributed by atoms with van der Waals surface area (Å²) in [5.41, 5.74) is 0. The van der Waals surface area contributed by atoms with Crippen molar-refractivity contribution in [1.29, 1.82) is 0 Å². The first-order valence-electron chi connectivity index (χ1n) is 1.67. The summed E-state index contributed by atoms with van der Waals surface area (Å²) in [4.78, 5) is 28.9. The SMILES string of the molecule is O=P(O)(F)OCl.O=P(O)(O)O. The number of hydrogen-bond acceptors (Lipinski definition) is 3. The van der Waals surface area contributed by atoms with Crippen LogP contribution in [0.25, 0.3) is 0 Å². The molecule has 7 nitrogen and oxygen atoms in total. The van der Waals surface area contributed by atoms with Crippen LogP contribution in [0.2, 0.25) is 0 Å². The highest BCUT2D eigenvalue weighted by Gasteiger charge is 2.14. The maximum Gasteiger partial charge on any atom is 0.527 e. The highest BCUT2D eigenvalue weighted by Crippen LogP contribution is 2.44. The summed E-state index contributed by atoms with van der Waals surface area (Å²) in [7, 11) is -9.52. The van der Waals surface area contributed by atoms with Gasteiger partial charge in [-0.25, -0.2) is 9.13 Å². The Morgan fingerprint density at radius 1 is 1.18 bits per heavy atom. The van der Waals surface area contributed by atoms with Crippen molar-refractivity contribution in [3.8, 4) is 0 Å². The first-order valence-corrected chi connectivity index (χ1v) is 5.01. The monoisotopic (exact) mass is 232 g/mol. The molecular weight excluding hydrogens is 228 g/mol. The molecule has 1 unspecified atom stereocenters. The van der Waals surface area contributed by atoms with Crippen LogP contribution in [0.4, 0.5) is 4.20 Å². The first-order chi connectivity index (χ1) is 4.56. The zero-order valence-corrected chi connectivity index (χ0v) is 7.21. The number of hydrogen-bond donors (Lipinski definition) is 4. The maximum atomic E-state index is 10.9. The summed E-state index contributed by atoms with van der Waals surface area (Å²) < 4.78 is 31.7. The summed E-state index contributed by atoms with van der Waals surface area (Å²) >= 11 is 4.09. The Labute approximate surface area is 65.4 Å². The summed E-state index contributed by atoms with van der Waals surface area (Å²) in [6.45, 7) is 0. The van der Waals surface area contributed by atoms with Crippen molar-refractivity contribution >= 4 is 27.6 Å². The van der Waals surface area contributed by atoms with Crippen LogP contribution in [0, 0.1) is 0 Å². The minimum absolute atomic E-state index is 2.85. The predicted octanol–water partition coefficient (Wildman–Crippen LogP) is 0.298. The van der Waals surface area contributed by atoms with E-state index in [0.29, 0.717) is 0 Å². The molecule has 0 aromatic heterocycles.